The molecule has 3 heterocycles. The lowest BCUT2D eigenvalue weighted by Crippen LogP contribution is -2.47. The van der Waals surface area contributed by atoms with Gasteiger partial charge in [0.15, 0.2) is 0 Å². The van der Waals surface area contributed by atoms with Crippen LogP contribution in [0.1, 0.15) is 31.5 Å². The third-order valence-corrected chi connectivity index (χ3v) is 4.64. The molecule has 116 valence electrons. The van der Waals surface area contributed by atoms with Crippen molar-refractivity contribution in [1.82, 2.24) is 19.8 Å². The summed E-state index contributed by atoms with van der Waals surface area (Å²) in [6.07, 6.45) is 4.35. The van der Waals surface area contributed by atoms with Crippen molar-refractivity contribution in [3.63, 3.8) is 0 Å². The molecule has 0 aliphatic carbocycles. The summed E-state index contributed by atoms with van der Waals surface area (Å²) in [6, 6.07) is 0. The first kappa shape index (κ1) is 14.7. The zero-order valence-corrected chi connectivity index (χ0v) is 13.4. The fourth-order valence-corrected chi connectivity index (χ4v) is 3.29. The maximum absolute atomic E-state index is 4.85. The molecule has 2 aliphatic heterocycles. The zero-order valence-electron chi connectivity index (χ0n) is 13.4. The molecule has 0 bridgehead atoms. The highest BCUT2D eigenvalue weighted by Gasteiger charge is 2.21. The molecule has 0 radical (unpaired) electrons. The van der Waals surface area contributed by atoms with Gasteiger partial charge < -0.3 is 9.80 Å². The second-order valence-electron chi connectivity index (χ2n) is 6.09. The number of nitrogens with zero attached hydrogens (tertiary/aromatic N) is 5. The molecule has 0 N–H and O–H groups in total. The molecule has 2 aliphatic rings. The summed E-state index contributed by atoms with van der Waals surface area (Å²) in [7, 11) is 0. The molecule has 1 aromatic rings. The SMILES string of the molecule is CCCN1CCc2nc(N3CCN(CC)CC3)ncc2C1. The van der Waals surface area contributed by atoms with Crippen molar-refractivity contribution in [3.8, 4) is 0 Å². The van der Waals surface area contributed by atoms with Crippen LogP contribution in [0.4, 0.5) is 5.95 Å². The minimum Gasteiger partial charge on any atom is -0.338 e. The third kappa shape index (κ3) is 3.35. The molecule has 3 rings (SSSR count). The largest absolute Gasteiger partial charge is 0.338 e. The summed E-state index contributed by atoms with van der Waals surface area (Å²) in [6.45, 7) is 13.3. The average molecular weight is 289 g/mol. The van der Waals surface area contributed by atoms with Gasteiger partial charge in [0.2, 0.25) is 5.95 Å². The molecule has 1 aromatic heterocycles. The van der Waals surface area contributed by atoms with E-state index in [1.807, 2.05) is 0 Å². The van der Waals surface area contributed by atoms with Crippen LogP contribution in [-0.4, -0.2) is 65.6 Å². The first-order valence-corrected chi connectivity index (χ1v) is 8.34. The zero-order chi connectivity index (χ0) is 14.7. The Morgan fingerprint density at radius 1 is 1.05 bits per heavy atom. The third-order valence-electron chi connectivity index (χ3n) is 4.64. The minimum absolute atomic E-state index is 0.938. The molecule has 5 nitrogen and oxygen atoms in total. The van der Waals surface area contributed by atoms with Gasteiger partial charge in [0.25, 0.3) is 0 Å². The molecule has 5 heteroatoms. The number of rotatable bonds is 4. The van der Waals surface area contributed by atoms with Crippen LogP contribution in [0, 0.1) is 0 Å². The van der Waals surface area contributed by atoms with Gasteiger partial charge in [0.1, 0.15) is 0 Å². The highest BCUT2D eigenvalue weighted by atomic mass is 15.3. The van der Waals surface area contributed by atoms with E-state index >= 15 is 0 Å². The van der Waals surface area contributed by atoms with Crippen molar-refractivity contribution in [2.45, 2.75) is 33.2 Å². The quantitative estimate of drug-likeness (QED) is 0.837. The standard InChI is InChI=1S/C16H27N5/c1-3-6-20-7-5-15-14(13-20)12-17-16(18-15)21-10-8-19(4-2)9-11-21/h12H,3-11,13H2,1-2H3. The summed E-state index contributed by atoms with van der Waals surface area (Å²) in [5.74, 6) is 0.938. The Kier molecular flexibility index (Phi) is 4.70. The second kappa shape index (κ2) is 6.71. The molecule has 1 saturated heterocycles. The van der Waals surface area contributed by atoms with Crippen molar-refractivity contribution in [2.75, 3.05) is 50.7 Å². The van der Waals surface area contributed by atoms with Crippen molar-refractivity contribution in [1.29, 1.82) is 0 Å². The maximum atomic E-state index is 4.85. The summed E-state index contributed by atoms with van der Waals surface area (Å²) < 4.78 is 0. The minimum atomic E-state index is 0.938. The second-order valence-corrected chi connectivity index (χ2v) is 6.09. The lowest BCUT2D eigenvalue weighted by atomic mass is 10.1. The van der Waals surface area contributed by atoms with Crippen LogP contribution in [0.3, 0.4) is 0 Å². The van der Waals surface area contributed by atoms with E-state index in [0.717, 1.165) is 58.2 Å². The highest BCUT2D eigenvalue weighted by molar-refractivity contribution is 5.35. The Balaban J connectivity index is 1.67. The molecule has 0 aromatic carbocycles. The van der Waals surface area contributed by atoms with E-state index < -0.39 is 0 Å². The number of anilines is 1. The van der Waals surface area contributed by atoms with Gasteiger partial charge in [-0.05, 0) is 19.5 Å². The lowest BCUT2D eigenvalue weighted by Gasteiger charge is -2.34. The Morgan fingerprint density at radius 2 is 1.86 bits per heavy atom. The van der Waals surface area contributed by atoms with Gasteiger partial charge in [0.05, 0.1) is 5.69 Å². The van der Waals surface area contributed by atoms with Gasteiger partial charge in [-0.3, -0.25) is 4.90 Å². The molecule has 1 fully saturated rings. The van der Waals surface area contributed by atoms with Crippen LogP contribution in [0.5, 0.6) is 0 Å². The summed E-state index contributed by atoms with van der Waals surface area (Å²) in [4.78, 5) is 16.8. The molecular weight excluding hydrogens is 262 g/mol. The lowest BCUT2D eigenvalue weighted by molar-refractivity contribution is 0.251. The summed E-state index contributed by atoms with van der Waals surface area (Å²) >= 11 is 0. The fourth-order valence-electron chi connectivity index (χ4n) is 3.29. The maximum Gasteiger partial charge on any atom is 0.225 e. The summed E-state index contributed by atoms with van der Waals surface area (Å²) in [5.41, 5.74) is 2.59. The topological polar surface area (TPSA) is 35.5 Å². The molecule has 0 amide bonds. The van der Waals surface area contributed by atoms with Crippen LogP contribution in [0.25, 0.3) is 0 Å². The monoisotopic (exact) mass is 289 g/mol. The number of piperazine rings is 1. The molecular formula is C16H27N5. The molecule has 0 saturated carbocycles. The Bertz CT molecular complexity index is 468. The van der Waals surface area contributed by atoms with E-state index in [9.17, 15) is 0 Å². The van der Waals surface area contributed by atoms with Crippen LogP contribution < -0.4 is 4.90 Å². The molecule has 0 atom stereocenters. The number of hydrogen-bond donors (Lipinski definition) is 0. The molecule has 0 unspecified atom stereocenters. The normalized spacial score (nSPS) is 20.6. The Labute approximate surface area is 128 Å². The fraction of sp³-hybridized carbons (Fsp3) is 0.750. The van der Waals surface area contributed by atoms with E-state index in [1.54, 1.807) is 0 Å². The van der Waals surface area contributed by atoms with Gasteiger partial charge in [-0.15, -0.1) is 0 Å². The highest BCUT2D eigenvalue weighted by Crippen LogP contribution is 2.20. The summed E-state index contributed by atoms with van der Waals surface area (Å²) in [5, 5.41) is 0. The predicted octanol–water partition coefficient (Wildman–Crippen LogP) is 1.39. The van der Waals surface area contributed by atoms with Gasteiger partial charge >= 0.3 is 0 Å². The number of hydrogen-bond acceptors (Lipinski definition) is 5. The van der Waals surface area contributed by atoms with Crippen molar-refractivity contribution >= 4 is 5.95 Å². The van der Waals surface area contributed by atoms with Gasteiger partial charge in [0, 0.05) is 57.4 Å². The van der Waals surface area contributed by atoms with Crippen LogP contribution in [0.15, 0.2) is 6.20 Å². The van der Waals surface area contributed by atoms with Gasteiger partial charge in [-0.2, -0.15) is 0 Å². The Hall–Kier alpha value is -1.20. The van der Waals surface area contributed by atoms with E-state index in [2.05, 4.69) is 39.7 Å². The van der Waals surface area contributed by atoms with E-state index in [1.165, 1.54) is 24.2 Å². The smallest absolute Gasteiger partial charge is 0.225 e. The van der Waals surface area contributed by atoms with Crippen molar-refractivity contribution in [3.05, 3.63) is 17.5 Å². The van der Waals surface area contributed by atoms with Gasteiger partial charge in [-0.25, -0.2) is 9.97 Å². The average Bonchev–Trinajstić information content (AvgIpc) is 2.55. The number of likely N-dealkylation sites (N-methyl/N-ethyl adjacent to an activating group) is 1. The predicted molar refractivity (Wildman–Crippen MR) is 85.6 cm³/mol. The van der Waals surface area contributed by atoms with Gasteiger partial charge in [-0.1, -0.05) is 13.8 Å². The number of aromatic nitrogens is 2. The first-order valence-electron chi connectivity index (χ1n) is 8.34. The van der Waals surface area contributed by atoms with Crippen LogP contribution in [-0.2, 0) is 13.0 Å². The van der Waals surface area contributed by atoms with E-state index in [4.69, 9.17) is 4.98 Å². The van der Waals surface area contributed by atoms with Crippen LogP contribution in [0.2, 0.25) is 0 Å². The van der Waals surface area contributed by atoms with E-state index in [0.29, 0.717) is 0 Å². The first-order chi connectivity index (χ1) is 10.3. The van der Waals surface area contributed by atoms with E-state index in [-0.39, 0.29) is 0 Å². The van der Waals surface area contributed by atoms with Crippen LogP contribution >= 0.6 is 0 Å². The number of fused-ring (bicyclic) bond motifs is 1. The van der Waals surface area contributed by atoms with Crippen molar-refractivity contribution in [2.24, 2.45) is 0 Å². The van der Waals surface area contributed by atoms with Crippen molar-refractivity contribution < 1.29 is 0 Å². The Morgan fingerprint density at radius 3 is 2.57 bits per heavy atom. The molecule has 21 heavy (non-hydrogen) atoms. The molecule has 0 spiro atoms.